The number of aliphatic imine (C=N–C) groups is 1. The molecule has 26 heavy (non-hydrogen) atoms. The van der Waals surface area contributed by atoms with Crippen LogP contribution in [0.1, 0.15) is 39.0 Å². The van der Waals surface area contributed by atoms with Crippen LogP contribution in [0.15, 0.2) is 4.99 Å². The number of rotatable bonds is 6. The number of likely N-dealkylation sites (N-methyl/N-ethyl adjacent to an activating group) is 1. The Bertz CT molecular complexity index is 447. The molecule has 0 atom stereocenters. The zero-order chi connectivity index (χ0) is 18.1. The summed E-state index contributed by atoms with van der Waals surface area (Å²) in [6.45, 7) is 7.54. The molecule has 1 aliphatic carbocycles. The summed E-state index contributed by atoms with van der Waals surface area (Å²) in [6.07, 6.45) is 6.33. The maximum absolute atomic E-state index is 11.8. The maximum Gasteiger partial charge on any atom is 0.243 e. The number of ether oxygens (including phenoxy) is 1. The second-order valence-corrected chi connectivity index (χ2v) is 7.22. The average Bonchev–Trinajstić information content (AvgIpc) is 2.65. The molecule has 0 radical (unpaired) electrons. The third-order valence-electron chi connectivity index (χ3n) is 5.27. The first-order valence-corrected chi connectivity index (χ1v) is 9.62. The zero-order valence-electron chi connectivity index (χ0n) is 16.6. The molecule has 1 saturated carbocycles. The summed E-state index contributed by atoms with van der Waals surface area (Å²) in [5.74, 6) is 0.744. The lowest BCUT2D eigenvalue weighted by Crippen LogP contribution is -2.60. The molecule has 1 saturated heterocycles. The predicted molar refractivity (Wildman–Crippen MR) is 116 cm³/mol. The monoisotopic (exact) mass is 481 g/mol. The molecule has 0 aromatic heterocycles. The minimum Gasteiger partial charge on any atom is -0.379 e. The van der Waals surface area contributed by atoms with E-state index in [9.17, 15) is 4.79 Å². The highest BCUT2D eigenvalue weighted by Crippen LogP contribution is 2.33. The second kappa shape index (κ2) is 12.0. The number of guanidine groups is 1. The number of morpholine rings is 1. The average molecular weight is 481 g/mol. The number of hydrogen-bond acceptors (Lipinski definition) is 4. The quantitative estimate of drug-likeness (QED) is 0.340. The Morgan fingerprint density at radius 3 is 2.38 bits per heavy atom. The largest absolute Gasteiger partial charge is 0.379 e. The van der Waals surface area contributed by atoms with Crippen molar-refractivity contribution in [3.8, 4) is 0 Å². The smallest absolute Gasteiger partial charge is 0.243 e. The van der Waals surface area contributed by atoms with Gasteiger partial charge in [0.2, 0.25) is 5.91 Å². The highest BCUT2D eigenvalue weighted by molar-refractivity contribution is 14.0. The number of carbonyl (C=O) groups is 1. The summed E-state index contributed by atoms with van der Waals surface area (Å²) < 4.78 is 5.55. The van der Waals surface area contributed by atoms with Crippen molar-refractivity contribution in [1.29, 1.82) is 0 Å². The lowest BCUT2D eigenvalue weighted by molar-refractivity contribution is -0.127. The minimum atomic E-state index is 0. The molecule has 8 heteroatoms. The van der Waals surface area contributed by atoms with Crippen molar-refractivity contribution >= 4 is 35.8 Å². The standard InChI is InChI=1S/C18H35N5O2.HI/c1-4-19-17(20-14-16(24)22(2)3)21-15-18(8-6-5-7-9-18)23-10-12-25-13-11-23;/h4-15H2,1-3H3,(H2,19,20,21);1H. The highest BCUT2D eigenvalue weighted by Gasteiger charge is 2.38. The molecule has 1 heterocycles. The van der Waals surface area contributed by atoms with E-state index in [1.807, 2.05) is 6.92 Å². The first-order valence-electron chi connectivity index (χ1n) is 9.62. The molecular formula is C18H36IN5O2. The molecule has 2 fully saturated rings. The SMILES string of the molecule is CCNC(=NCC(=O)N(C)C)NCC1(N2CCOCC2)CCCCC1.I. The Hall–Kier alpha value is -0.610. The van der Waals surface area contributed by atoms with E-state index in [4.69, 9.17) is 4.74 Å². The van der Waals surface area contributed by atoms with Crippen LogP contribution in [0.25, 0.3) is 0 Å². The number of amides is 1. The highest BCUT2D eigenvalue weighted by atomic mass is 127. The van der Waals surface area contributed by atoms with Crippen LogP contribution in [0.2, 0.25) is 0 Å². The van der Waals surface area contributed by atoms with Gasteiger partial charge in [-0.05, 0) is 19.8 Å². The Labute approximate surface area is 175 Å². The molecule has 2 aliphatic rings. The number of nitrogens with zero attached hydrogens (tertiary/aromatic N) is 3. The molecule has 2 N–H and O–H groups in total. The van der Waals surface area contributed by atoms with Gasteiger partial charge in [0.25, 0.3) is 0 Å². The first-order chi connectivity index (χ1) is 12.1. The van der Waals surface area contributed by atoms with Gasteiger partial charge in [-0.15, -0.1) is 24.0 Å². The summed E-state index contributed by atoms with van der Waals surface area (Å²) in [7, 11) is 3.52. The van der Waals surface area contributed by atoms with E-state index >= 15 is 0 Å². The molecular weight excluding hydrogens is 445 g/mol. The van der Waals surface area contributed by atoms with E-state index < -0.39 is 0 Å². The van der Waals surface area contributed by atoms with Gasteiger partial charge in [0.1, 0.15) is 6.54 Å². The van der Waals surface area contributed by atoms with Crippen molar-refractivity contribution in [2.24, 2.45) is 4.99 Å². The van der Waals surface area contributed by atoms with E-state index in [0.29, 0.717) is 0 Å². The lowest BCUT2D eigenvalue weighted by atomic mass is 9.80. The molecule has 1 amide bonds. The van der Waals surface area contributed by atoms with Gasteiger partial charge >= 0.3 is 0 Å². The second-order valence-electron chi connectivity index (χ2n) is 7.22. The number of carbonyl (C=O) groups excluding carboxylic acids is 1. The lowest BCUT2D eigenvalue weighted by Gasteiger charge is -2.48. The summed E-state index contributed by atoms with van der Waals surface area (Å²) in [5, 5.41) is 6.77. The van der Waals surface area contributed by atoms with Crippen LogP contribution < -0.4 is 10.6 Å². The molecule has 0 spiro atoms. The molecule has 0 bridgehead atoms. The van der Waals surface area contributed by atoms with Gasteiger partial charge in [-0.2, -0.15) is 0 Å². The van der Waals surface area contributed by atoms with Gasteiger partial charge in [-0.25, -0.2) is 4.99 Å². The first kappa shape index (κ1) is 23.4. The van der Waals surface area contributed by atoms with Crippen LogP contribution in [0, 0.1) is 0 Å². The molecule has 0 aromatic rings. The summed E-state index contributed by atoms with van der Waals surface area (Å²) in [5.41, 5.74) is 0.184. The molecule has 152 valence electrons. The Balaban J connectivity index is 0.00000338. The predicted octanol–water partition coefficient (Wildman–Crippen LogP) is 1.28. The zero-order valence-corrected chi connectivity index (χ0v) is 18.9. The van der Waals surface area contributed by atoms with E-state index in [1.54, 1.807) is 19.0 Å². The third-order valence-corrected chi connectivity index (χ3v) is 5.27. The van der Waals surface area contributed by atoms with Crippen molar-refractivity contribution in [2.45, 2.75) is 44.6 Å². The fourth-order valence-electron chi connectivity index (χ4n) is 3.73. The summed E-state index contributed by atoms with van der Waals surface area (Å²) in [6, 6.07) is 0. The number of nitrogens with one attached hydrogen (secondary N) is 2. The Morgan fingerprint density at radius 2 is 1.81 bits per heavy atom. The van der Waals surface area contributed by atoms with Crippen molar-refractivity contribution < 1.29 is 9.53 Å². The normalized spacial score (nSPS) is 20.8. The fourth-order valence-corrected chi connectivity index (χ4v) is 3.73. The van der Waals surface area contributed by atoms with Gasteiger partial charge in [0, 0.05) is 45.8 Å². The van der Waals surface area contributed by atoms with Gasteiger partial charge in [0.15, 0.2) is 5.96 Å². The topological polar surface area (TPSA) is 69.2 Å². The van der Waals surface area contributed by atoms with Crippen LogP contribution in [-0.4, -0.2) is 87.2 Å². The number of hydrogen-bond donors (Lipinski definition) is 2. The van der Waals surface area contributed by atoms with Crippen LogP contribution in [0.5, 0.6) is 0 Å². The van der Waals surface area contributed by atoms with Crippen LogP contribution in [0.4, 0.5) is 0 Å². The van der Waals surface area contributed by atoms with Crippen LogP contribution in [0.3, 0.4) is 0 Å². The Morgan fingerprint density at radius 1 is 1.15 bits per heavy atom. The minimum absolute atomic E-state index is 0. The van der Waals surface area contributed by atoms with Crippen molar-refractivity contribution in [1.82, 2.24) is 20.4 Å². The van der Waals surface area contributed by atoms with E-state index in [-0.39, 0.29) is 42.0 Å². The van der Waals surface area contributed by atoms with Gasteiger partial charge < -0.3 is 20.3 Å². The van der Waals surface area contributed by atoms with Gasteiger partial charge in [-0.1, -0.05) is 19.3 Å². The number of halogens is 1. The van der Waals surface area contributed by atoms with Gasteiger partial charge in [-0.3, -0.25) is 9.69 Å². The molecule has 2 rings (SSSR count). The van der Waals surface area contributed by atoms with E-state index in [2.05, 4.69) is 20.5 Å². The maximum atomic E-state index is 11.8. The van der Waals surface area contributed by atoms with Gasteiger partial charge in [0.05, 0.1) is 13.2 Å². The Kier molecular flexibility index (Phi) is 10.8. The van der Waals surface area contributed by atoms with Crippen molar-refractivity contribution in [2.75, 3.05) is 60.0 Å². The molecule has 0 unspecified atom stereocenters. The van der Waals surface area contributed by atoms with Crippen LogP contribution in [-0.2, 0) is 9.53 Å². The summed E-state index contributed by atoms with van der Waals surface area (Å²) >= 11 is 0. The molecule has 0 aromatic carbocycles. The fraction of sp³-hybridized carbons (Fsp3) is 0.889. The molecule has 1 aliphatic heterocycles. The van der Waals surface area contributed by atoms with E-state index in [1.165, 1.54) is 32.1 Å². The van der Waals surface area contributed by atoms with Crippen LogP contribution >= 0.6 is 24.0 Å². The molecule has 7 nitrogen and oxygen atoms in total. The van der Waals surface area contributed by atoms with Crippen molar-refractivity contribution in [3.05, 3.63) is 0 Å². The summed E-state index contributed by atoms with van der Waals surface area (Å²) in [4.78, 5) is 20.4. The van der Waals surface area contributed by atoms with Crippen molar-refractivity contribution in [3.63, 3.8) is 0 Å². The third kappa shape index (κ3) is 6.84. The van der Waals surface area contributed by atoms with E-state index in [0.717, 1.165) is 45.4 Å².